The first-order chi connectivity index (χ1) is 9.13. The fourth-order valence-electron chi connectivity index (χ4n) is 2.96. The van der Waals surface area contributed by atoms with Crippen LogP contribution < -0.4 is 10.6 Å². The molecule has 4 nitrogen and oxygen atoms in total. The molecule has 0 spiro atoms. The van der Waals surface area contributed by atoms with E-state index in [0.29, 0.717) is 0 Å². The lowest BCUT2D eigenvalue weighted by atomic mass is 10.1. The Balaban J connectivity index is 1.88. The van der Waals surface area contributed by atoms with Gasteiger partial charge in [-0.25, -0.2) is 0 Å². The first-order valence-corrected chi connectivity index (χ1v) is 7.29. The van der Waals surface area contributed by atoms with E-state index in [1.54, 1.807) is 0 Å². The summed E-state index contributed by atoms with van der Waals surface area (Å²) in [5, 5.41) is 6.40. The monoisotopic (exact) mass is 263 g/mol. The summed E-state index contributed by atoms with van der Waals surface area (Å²) in [7, 11) is 0. The zero-order valence-electron chi connectivity index (χ0n) is 12.3. The third kappa shape index (κ3) is 3.18. The van der Waals surface area contributed by atoms with Crippen LogP contribution in [0.5, 0.6) is 0 Å². The maximum absolute atomic E-state index is 12.2. The van der Waals surface area contributed by atoms with Gasteiger partial charge in [0.05, 0.1) is 5.56 Å². The van der Waals surface area contributed by atoms with E-state index >= 15 is 0 Å². The van der Waals surface area contributed by atoms with E-state index in [0.717, 1.165) is 55.5 Å². The molecule has 106 valence electrons. The van der Waals surface area contributed by atoms with E-state index in [1.165, 1.54) is 6.42 Å². The van der Waals surface area contributed by atoms with E-state index in [2.05, 4.69) is 29.0 Å². The van der Waals surface area contributed by atoms with Gasteiger partial charge in [-0.3, -0.25) is 4.79 Å². The number of carbonyl (C=O) groups excluding carboxylic acids is 1. The van der Waals surface area contributed by atoms with Crippen LogP contribution in [0.1, 0.15) is 41.5 Å². The summed E-state index contributed by atoms with van der Waals surface area (Å²) in [4.78, 5) is 12.2. The molecule has 1 aliphatic heterocycles. The predicted octanol–water partition coefficient (Wildman–Crippen LogP) is 1.85. The number of hydrogen-bond donors (Lipinski definition) is 2. The highest BCUT2D eigenvalue weighted by Crippen LogP contribution is 2.15. The predicted molar refractivity (Wildman–Crippen MR) is 77.5 cm³/mol. The molecule has 1 aliphatic rings. The highest BCUT2D eigenvalue weighted by molar-refractivity contribution is 5.95. The average molecular weight is 263 g/mol. The van der Waals surface area contributed by atoms with Crippen LogP contribution in [0.2, 0.25) is 0 Å². The van der Waals surface area contributed by atoms with Crippen LogP contribution in [0.25, 0.3) is 0 Å². The average Bonchev–Trinajstić information content (AvgIpc) is 2.98. The van der Waals surface area contributed by atoms with Crippen molar-refractivity contribution >= 4 is 5.91 Å². The summed E-state index contributed by atoms with van der Waals surface area (Å²) < 4.78 is 2.18. The Morgan fingerprint density at radius 1 is 1.53 bits per heavy atom. The van der Waals surface area contributed by atoms with Gasteiger partial charge < -0.3 is 15.2 Å². The van der Waals surface area contributed by atoms with Crippen molar-refractivity contribution in [1.29, 1.82) is 0 Å². The number of aryl methyl sites for hydroxylation is 1. The molecule has 1 atom stereocenters. The van der Waals surface area contributed by atoms with Crippen molar-refractivity contribution in [3.05, 3.63) is 23.0 Å². The van der Waals surface area contributed by atoms with Gasteiger partial charge in [0.2, 0.25) is 0 Å². The summed E-state index contributed by atoms with van der Waals surface area (Å²) in [6.45, 7) is 10.1. The minimum atomic E-state index is 0.0683. The van der Waals surface area contributed by atoms with Crippen molar-refractivity contribution in [2.24, 2.45) is 5.92 Å². The van der Waals surface area contributed by atoms with Crippen LogP contribution in [-0.2, 0) is 6.54 Å². The van der Waals surface area contributed by atoms with Crippen molar-refractivity contribution < 1.29 is 4.79 Å². The molecule has 1 amide bonds. The number of rotatable bonds is 5. The first-order valence-electron chi connectivity index (χ1n) is 7.29. The Kier molecular flexibility index (Phi) is 4.64. The maximum atomic E-state index is 12.2. The van der Waals surface area contributed by atoms with Crippen LogP contribution in [0.3, 0.4) is 0 Å². The van der Waals surface area contributed by atoms with Gasteiger partial charge in [-0.1, -0.05) is 0 Å². The Morgan fingerprint density at radius 2 is 2.32 bits per heavy atom. The van der Waals surface area contributed by atoms with Crippen LogP contribution >= 0.6 is 0 Å². The summed E-state index contributed by atoms with van der Waals surface area (Å²) in [6, 6.07) is 1.99. The molecule has 0 saturated carbocycles. The molecule has 0 bridgehead atoms. The quantitative estimate of drug-likeness (QED) is 0.851. The third-order valence-electron chi connectivity index (χ3n) is 4.14. The number of nitrogens with one attached hydrogen (secondary N) is 2. The van der Waals surface area contributed by atoms with Crippen LogP contribution in [0.15, 0.2) is 6.07 Å². The highest BCUT2D eigenvalue weighted by atomic mass is 16.1. The van der Waals surface area contributed by atoms with E-state index in [-0.39, 0.29) is 5.91 Å². The Morgan fingerprint density at radius 3 is 2.89 bits per heavy atom. The minimum absolute atomic E-state index is 0.0683. The van der Waals surface area contributed by atoms with Crippen LogP contribution in [-0.4, -0.2) is 30.1 Å². The van der Waals surface area contributed by atoms with Gasteiger partial charge in [-0.15, -0.1) is 0 Å². The fourth-order valence-corrected chi connectivity index (χ4v) is 2.96. The normalized spacial score (nSPS) is 18.8. The molecule has 2 heterocycles. The molecule has 4 heteroatoms. The van der Waals surface area contributed by atoms with Crippen molar-refractivity contribution in [2.45, 2.75) is 40.2 Å². The van der Waals surface area contributed by atoms with Gasteiger partial charge in [0.15, 0.2) is 0 Å². The summed E-state index contributed by atoms with van der Waals surface area (Å²) in [5.41, 5.74) is 3.05. The second-order valence-corrected chi connectivity index (χ2v) is 5.43. The van der Waals surface area contributed by atoms with Crippen LogP contribution in [0, 0.1) is 19.8 Å². The highest BCUT2D eigenvalue weighted by Gasteiger charge is 2.17. The Hall–Kier alpha value is -1.29. The second kappa shape index (κ2) is 6.24. The molecule has 1 saturated heterocycles. The van der Waals surface area contributed by atoms with Crippen LogP contribution in [0.4, 0.5) is 0 Å². The molecular weight excluding hydrogens is 238 g/mol. The second-order valence-electron chi connectivity index (χ2n) is 5.43. The zero-order chi connectivity index (χ0) is 13.8. The number of amides is 1. The third-order valence-corrected chi connectivity index (χ3v) is 4.14. The Bertz CT molecular complexity index is 444. The van der Waals surface area contributed by atoms with Gasteiger partial charge in [0.1, 0.15) is 0 Å². The lowest BCUT2D eigenvalue weighted by Crippen LogP contribution is -2.26. The Labute approximate surface area is 115 Å². The van der Waals surface area contributed by atoms with Gasteiger partial charge in [-0.05, 0) is 58.7 Å². The van der Waals surface area contributed by atoms with E-state index in [1.807, 2.05) is 13.0 Å². The number of nitrogens with zero attached hydrogens (tertiary/aromatic N) is 1. The number of aromatic nitrogens is 1. The van der Waals surface area contributed by atoms with E-state index in [4.69, 9.17) is 0 Å². The van der Waals surface area contributed by atoms with Gasteiger partial charge >= 0.3 is 0 Å². The zero-order valence-corrected chi connectivity index (χ0v) is 12.3. The summed E-state index contributed by atoms with van der Waals surface area (Å²) in [6.07, 6.45) is 2.31. The van der Waals surface area contributed by atoms with Crippen molar-refractivity contribution in [2.75, 3.05) is 19.6 Å². The van der Waals surface area contributed by atoms with Crippen molar-refractivity contribution in [3.63, 3.8) is 0 Å². The van der Waals surface area contributed by atoms with Crippen molar-refractivity contribution in [1.82, 2.24) is 15.2 Å². The maximum Gasteiger partial charge on any atom is 0.253 e. The molecule has 0 aliphatic carbocycles. The summed E-state index contributed by atoms with van der Waals surface area (Å²) >= 11 is 0. The molecule has 1 aromatic rings. The van der Waals surface area contributed by atoms with Gasteiger partial charge in [-0.2, -0.15) is 0 Å². The molecule has 2 N–H and O–H groups in total. The van der Waals surface area contributed by atoms with Gasteiger partial charge in [0.25, 0.3) is 5.91 Å². The largest absolute Gasteiger partial charge is 0.352 e. The van der Waals surface area contributed by atoms with E-state index < -0.39 is 0 Å². The molecule has 1 aromatic heterocycles. The molecule has 0 aromatic carbocycles. The number of hydrogen-bond acceptors (Lipinski definition) is 2. The van der Waals surface area contributed by atoms with Gasteiger partial charge in [0, 0.05) is 24.5 Å². The smallest absolute Gasteiger partial charge is 0.253 e. The summed E-state index contributed by atoms with van der Waals surface area (Å²) in [5.74, 6) is 0.794. The minimum Gasteiger partial charge on any atom is -0.352 e. The molecule has 19 heavy (non-hydrogen) atoms. The molecule has 1 fully saturated rings. The van der Waals surface area contributed by atoms with E-state index in [9.17, 15) is 4.79 Å². The molecule has 1 unspecified atom stereocenters. The molecular formula is C15H25N3O. The lowest BCUT2D eigenvalue weighted by molar-refractivity contribution is 0.0951. The SMILES string of the molecule is CCn1c(C)cc(C(=O)NCCC2CCNC2)c1C. The first kappa shape index (κ1) is 14.1. The molecule has 2 rings (SSSR count). The molecule has 0 radical (unpaired) electrons. The topological polar surface area (TPSA) is 46.1 Å². The fraction of sp³-hybridized carbons (Fsp3) is 0.667. The lowest BCUT2D eigenvalue weighted by Gasteiger charge is -2.10. The van der Waals surface area contributed by atoms with Crippen molar-refractivity contribution in [3.8, 4) is 0 Å². The number of carbonyl (C=O) groups is 1. The standard InChI is InChI=1S/C15H25N3O/c1-4-18-11(2)9-14(12(18)3)15(19)17-8-6-13-5-7-16-10-13/h9,13,16H,4-8,10H2,1-3H3,(H,17,19).